The molecule has 3 atom stereocenters. The van der Waals surface area contributed by atoms with Gasteiger partial charge in [0.05, 0.1) is 19.3 Å². The number of ether oxygens (including phenoxy) is 3. The van der Waals surface area contributed by atoms with Crippen LogP contribution in [-0.4, -0.2) is 44.7 Å². The van der Waals surface area contributed by atoms with Crippen molar-refractivity contribution >= 4 is 17.7 Å². The third-order valence-corrected chi connectivity index (χ3v) is 5.83. The summed E-state index contributed by atoms with van der Waals surface area (Å²) in [6, 6.07) is 5.63. The number of methoxy groups -OCH3 is 1. The Morgan fingerprint density at radius 3 is 2.50 bits per heavy atom. The van der Waals surface area contributed by atoms with Crippen LogP contribution in [0.25, 0.3) is 0 Å². The standard InChI is InChI=1S/C24H28FNO6/c1-5-31-10-11-32-24(29)19-14(3)26-17-12-13(2)18(23(28)30-4)22(27)21(17)20(19)15-6-8-16(25)9-7-15/h6-9,13,18,20,26H,5,10-12H2,1-4H3/t13-,18-,20-/m1/s1. The van der Waals surface area contributed by atoms with Crippen LogP contribution in [0.15, 0.2) is 46.8 Å². The van der Waals surface area contributed by atoms with Gasteiger partial charge in [-0.1, -0.05) is 19.1 Å². The van der Waals surface area contributed by atoms with Gasteiger partial charge in [0.25, 0.3) is 0 Å². The monoisotopic (exact) mass is 445 g/mol. The van der Waals surface area contributed by atoms with Crippen LogP contribution in [0.4, 0.5) is 4.39 Å². The van der Waals surface area contributed by atoms with E-state index >= 15 is 0 Å². The number of carbonyl (C=O) groups is 3. The van der Waals surface area contributed by atoms with Crippen molar-refractivity contribution in [1.82, 2.24) is 5.32 Å². The number of nitrogens with one attached hydrogen (secondary N) is 1. The van der Waals surface area contributed by atoms with E-state index in [0.717, 1.165) is 0 Å². The van der Waals surface area contributed by atoms with Crippen molar-refractivity contribution in [3.05, 3.63) is 58.2 Å². The highest BCUT2D eigenvalue weighted by Crippen LogP contribution is 2.45. The molecule has 0 aromatic heterocycles. The summed E-state index contributed by atoms with van der Waals surface area (Å²) >= 11 is 0. The van der Waals surface area contributed by atoms with Crippen LogP contribution >= 0.6 is 0 Å². The lowest BCUT2D eigenvalue weighted by atomic mass is 9.69. The number of rotatable bonds is 7. The SMILES string of the molecule is CCOCCOC(=O)C1=C(C)NC2=C(C(=O)[C@H](C(=O)OC)[C@H](C)C2)[C@@H]1c1ccc(F)cc1. The van der Waals surface area contributed by atoms with Crippen LogP contribution in [0.5, 0.6) is 0 Å². The molecular formula is C24H28FNO6. The van der Waals surface area contributed by atoms with E-state index in [1.807, 2.05) is 13.8 Å². The van der Waals surface area contributed by atoms with Gasteiger partial charge in [0.1, 0.15) is 18.3 Å². The molecule has 1 aromatic carbocycles. The molecule has 0 spiro atoms. The van der Waals surface area contributed by atoms with E-state index in [4.69, 9.17) is 14.2 Å². The molecule has 172 valence electrons. The largest absolute Gasteiger partial charge is 0.468 e. The lowest BCUT2D eigenvalue weighted by Crippen LogP contribution is -2.43. The summed E-state index contributed by atoms with van der Waals surface area (Å²) in [6.45, 7) is 6.19. The van der Waals surface area contributed by atoms with Crippen molar-refractivity contribution in [2.24, 2.45) is 11.8 Å². The molecule has 0 amide bonds. The van der Waals surface area contributed by atoms with Crippen LogP contribution in [0.2, 0.25) is 0 Å². The van der Waals surface area contributed by atoms with Gasteiger partial charge in [-0.2, -0.15) is 0 Å². The summed E-state index contributed by atoms with van der Waals surface area (Å²) in [5.74, 6) is -4.09. The third kappa shape index (κ3) is 4.60. The van der Waals surface area contributed by atoms with Gasteiger partial charge in [0.2, 0.25) is 0 Å². The first-order valence-corrected chi connectivity index (χ1v) is 10.6. The lowest BCUT2D eigenvalue weighted by molar-refractivity contribution is -0.151. The average molecular weight is 445 g/mol. The molecule has 1 aliphatic heterocycles. The maximum atomic E-state index is 13.6. The molecule has 0 radical (unpaired) electrons. The van der Waals surface area contributed by atoms with Gasteiger partial charge in [-0.25, -0.2) is 9.18 Å². The molecule has 1 aliphatic carbocycles. The van der Waals surface area contributed by atoms with E-state index in [1.54, 1.807) is 6.92 Å². The van der Waals surface area contributed by atoms with E-state index in [9.17, 15) is 18.8 Å². The molecule has 2 aliphatic rings. The van der Waals surface area contributed by atoms with Gasteiger partial charge in [0, 0.05) is 29.5 Å². The molecule has 32 heavy (non-hydrogen) atoms. The van der Waals surface area contributed by atoms with Crippen LogP contribution < -0.4 is 5.32 Å². The van der Waals surface area contributed by atoms with Crippen molar-refractivity contribution in [3.8, 4) is 0 Å². The molecule has 0 fully saturated rings. The van der Waals surface area contributed by atoms with Gasteiger partial charge in [-0.15, -0.1) is 0 Å². The maximum absolute atomic E-state index is 13.6. The number of halogens is 1. The zero-order chi connectivity index (χ0) is 23.4. The Balaban J connectivity index is 2.06. The Morgan fingerprint density at radius 1 is 1.19 bits per heavy atom. The number of hydrogen-bond acceptors (Lipinski definition) is 7. The van der Waals surface area contributed by atoms with E-state index < -0.39 is 35.4 Å². The zero-order valence-electron chi connectivity index (χ0n) is 18.7. The summed E-state index contributed by atoms with van der Waals surface area (Å²) in [5, 5.41) is 3.18. The van der Waals surface area contributed by atoms with E-state index in [1.165, 1.54) is 31.4 Å². The fourth-order valence-electron chi connectivity index (χ4n) is 4.36. The van der Waals surface area contributed by atoms with Crippen LogP contribution in [0, 0.1) is 17.7 Å². The average Bonchev–Trinajstić information content (AvgIpc) is 2.76. The normalized spacial score (nSPS) is 22.9. The second kappa shape index (κ2) is 10.1. The Hall–Kier alpha value is -3.00. The molecule has 0 bridgehead atoms. The third-order valence-electron chi connectivity index (χ3n) is 5.83. The number of benzene rings is 1. The number of ketones is 1. The van der Waals surface area contributed by atoms with Crippen LogP contribution in [-0.2, 0) is 28.6 Å². The number of carbonyl (C=O) groups excluding carboxylic acids is 3. The number of Topliss-reactive ketones (excluding diaryl/α,β-unsaturated/α-hetero) is 1. The molecule has 0 unspecified atom stereocenters. The Labute approximate surface area is 186 Å². The molecule has 1 aromatic rings. The van der Waals surface area contributed by atoms with E-state index in [2.05, 4.69) is 5.32 Å². The Morgan fingerprint density at radius 2 is 1.88 bits per heavy atom. The quantitative estimate of drug-likeness (QED) is 0.392. The van der Waals surface area contributed by atoms with E-state index in [0.29, 0.717) is 35.6 Å². The highest BCUT2D eigenvalue weighted by atomic mass is 19.1. The molecule has 7 nitrogen and oxygen atoms in total. The predicted octanol–water partition coefficient (Wildman–Crippen LogP) is 3.02. The van der Waals surface area contributed by atoms with Crippen molar-refractivity contribution in [2.45, 2.75) is 33.1 Å². The fourth-order valence-corrected chi connectivity index (χ4v) is 4.36. The summed E-state index contributed by atoms with van der Waals surface area (Å²) in [4.78, 5) is 39.0. The van der Waals surface area contributed by atoms with Crippen LogP contribution in [0.1, 0.15) is 38.7 Å². The Bertz CT molecular complexity index is 965. The summed E-state index contributed by atoms with van der Waals surface area (Å²) in [5.41, 5.74) is 2.32. The van der Waals surface area contributed by atoms with Gasteiger partial charge < -0.3 is 19.5 Å². The minimum Gasteiger partial charge on any atom is -0.468 e. The van der Waals surface area contributed by atoms with Crippen molar-refractivity contribution in [1.29, 1.82) is 0 Å². The minimum absolute atomic E-state index is 0.0568. The Kier molecular flexibility index (Phi) is 7.45. The molecule has 0 saturated carbocycles. The highest BCUT2D eigenvalue weighted by molar-refractivity contribution is 6.12. The molecule has 8 heteroatoms. The summed E-state index contributed by atoms with van der Waals surface area (Å²) in [6.07, 6.45) is 0.433. The minimum atomic E-state index is -0.975. The second-order valence-electron chi connectivity index (χ2n) is 7.92. The van der Waals surface area contributed by atoms with E-state index in [-0.39, 0.29) is 24.7 Å². The number of dihydropyridines is 1. The van der Waals surface area contributed by atoms with Crippen LogP contribution in [0.3, 0.4) is 0 Å². The molecular weight excluding hydrogens is 417 g/mol. The molecule has 3 rings (SSSR count). The second-order valence-corrected chi connectivity index (χ2v) is 7.92. The first-order valence-electron chi connectivity index (χ1n) is 10.6. The fraction of sp³-hybridized carbons (Fsp3) is 0.458. The number of hydrogen-bond donors (Lipinski definition) is 1. The maximum Gasteiger partial charge on any atom is 0.336 e. The number of esters is 2. The first-order chi connectivity index (χ1) is 15.3. The van der Waals surface area contributed by atoms with Crippen molar-refractivity contribution in [3.63, 3.8) is 0 Å². The smallest absolute Gasteiger partial charge is 0.336 e. The first kappa shape index (κ1) is 23.7. The van der Waals surface area contributed by atoms with Crippen molar-refractivity contribution in [2.75, 3.05) is 26.9 Å². The predicted molar refractivity (Wildman–Crippen MR) is 114 cm³/mol. The molecule has 1 N–H and O–H groups in total. The van der Waals surface area contributed by atoms with Crippen molar-refractivity contribution < 1.29 is 33.0 Å². The van der Waals surface area contributed by atoms with Gasteiger partial charge in [0.15, 0.2) is 5.78 Å². The highest BCUT2D eigenvalue weighted by Gasteiger charge is 2.47. The topological polar surface area (TPSA) is 90.9 Å². The van der Waals surface area contributed by atoms with Gasteiger partial charge >= 0.3 is 11.9 Å². The lowest BCUT2D eigenvalue weighted by Gasteiger charge is -2.38. The summed E-state index contributed by atoms with van der Waals surface area (Å²) in [7, 11) is 1.24. The summed E-state index contributed by atoms with van der Waals surface area (Å²) < 4.78 is 29.1. The molecule has 1 heterocycles. The zero-order valence-corrected chi connectivity index (χ0v) is 18.7. The van der Waals surface area contributed by atoms with Gasteiger partial charge in [-0.3, -0.25) is 9.59 Å². The van der Waals surface area contributed by atoms with Gasteiger partial charge in [-0.05, 0) is 43.9 Å². The number of allylic oxidation sites excluding steroid dienone is 3. The molecule has 0 saturated heterocycles.